The van der Waals surface area contributed by atoms with Gasteiger partial charge in [-0.15, -0.1) is 0 Å². The molecular formula is C18H28FN3O3S. The summed E-state index contributed by atoms with van der Waals surface area (Å²) in [5, 5.41) is 5.67. The van der Waals surface area contributed by atoms with Crippen LogP contribution in [0.4, 0.5) is 9.18 Å². The number of rotatable bonds is 8. The van der Waals surface area contributed by atoms with Crippen LogP contribution in [0.1, 0.15) is 37.7 Å². The lowest BCUT2D eigenvalue weighted by atomic mass is 9.96. The third kappa shape index (κ3) is 7.29. The zero-order valence-electron chi connectivity index (χ0n) is 15.2. The van der Waals surface area contributed by atoms with E-state index in [-0.39, 0.29) is 37.5 Å². The van der Waals surface area contributed by atoms with Crippen molar-refractivity contribution in [3.05, 3.63) is 35.6 Å². The minimum Gasteiger partial charge on any atom is -0.337 e. The number of amides is 2. The normalized spacial score (nSPS) is 15.8. The number of sulfonamides is 1. The lowest BCUT2D eigenvalue weighted by Crippen LogP contribution is -2.46. The van der Waals surface area contributed by atoms with Crippen molar-refractivity contribution in [2.24, 2.45) is 0 Å². The first-order valence-electron chi connectivity index (χ1n) is 9.08. The topological polar surface area (TPSA) is 78.5 Å². The summed E-state index contributed by atoms with van der Waals surface area (Å²) in [5.41, 5.74) is 0.864. The van der Waals surface area contributed by atoms with Crippen molar-refractivity contribution < 1.29 is 17.6 Å². The van der Waals surface area contributed by atoms with Crippen LogP contribution in [0, 0.1) is 5.82 Å². The molecule has 0 spiro atoms. The van der Waals surface area contributed by atoms with Crippen LogP contribution in [0.5, 0.6) is 0 Å². The van der Waals surface area contributed by atoms with Crippen molar-refractivity contribution in [1.82, 2.24) is 14.9 Å². The SMILES string of the molecule is CS(=O)(=O)N(CCNC(=O)NC1CCCCC1)CCc1ccc(F)cc1. The van der Waals surface area contributed by atoms with Gasteiger partial charge in [-0.2, -0.15) is 0 Å². The van der Waals surface area contributed by atoms with E-state index in [1.807, 2.05) is 0 Å². The van der Waals surface area contributed by atoms with Crippen molar-refractivity contribution in [3.8, 4) is 0 Å². The van der Waals surface area contributed by atoms with Gasteiger partial charge in [-0.3, -0.25) is 0 Å². The second-order valence-corrected chi connectivity index (χ2v) is 8.76. The van der Waals surface area contributed by atoms with Gasteiger partial charge in [-0.1, -0.05) is 31.4 Å². The van der Waals surface area contributed by atoms with E-state index in [0.717, 1.165) is 37.5 Å². The fourth-order valence-electron chi connectivity index (χ4n) is 3.13. The molecule has 0 atom stereocenters. The zero-order chi connectivity index (χ0) is 19.0. The van der Waals surface area contributed by atoms with Crippen LogP contribution in [-0.2, 0) is 16.4 Å². The van der Waals surface area contributed by atoms with E-state index in [1.54, 1.807) is 12.1 Å². The number of halogens is 1. The number of nitrogens with zero attached hydrogens (tertiary/aromatic N) is 1. The fraction of sp³-hybridized carbons (Fsp3) is 0.611. The first kappa shape index (κ1) is 20.6. The van der Waals surface area contributed by atoms with Gasteiger partial charge < -0.3 is 10.6 Å². The van der Waals surface area contributed by atoms with Crippen LogP contribution in [0.3, 0.4) is 0 Å². The van der Waals surface area contributed by atoms with Crippen molar-refractivity contribution in [3.63, 3.8) is 0 Å². The summed E-state index contributed by atoms with van der Waals surface area (Å²) >= 11 is 0. The third-order valence-corrected chi connectivity index (χ3v) is 5.92. The Morgan fingerprint density at radius 3 is 2.42 bits per heavy atom. The summed E-state index contributed by atoms with van der Waals surface area (Å²) < 4.78 is 38.1. The zero-order valence-corrected chi connectivity index (χ0v) is 16.0. The van der Waals surface area contributed by atoms with Crippen LogP contribution in [0.25, 0.3) is 0 Å². The van der Waals surface area contributed by atoms with E-state index in [0.29, 0.717) is 6.42 Å². The van der Waals surface area contributed by atoms with E-state index >= 15 is 0 Å². The summed E-state index contributed by atoms with van der Waals surface area (Å²) in [6.07, 6.45) is 7.13. The van der Waals surface area contributed by atoms with Crippen LogP contribution >= 0.6 is 0 Å². The molecule has 0 unspecified atom stereocenters. The predicted molar refractivity (Wildman–Crippen MR) is 99.9 cm³/mol. The maximum Gasteiger partial charge on any atom is 0.315 e. The monoisotopic (exact) mass is 385 g/mol. The lowest BCUT2D eigenvalue weighted by molar-refractivity contribution is 0.231. The highest BCUT2D eigenvalue weighted by Gasteiger charge is 2.18. The summed E-state index contributed by atoms with van der Waals surface area (Å²) in [5.74, 6) is -0.318. The Morgan fingerprint density at radius 2 is 1.81 bits per heavy atom. The average molecular weight is 386 g/mol. The number of hydrogen-bond donors (Lipinski definition) is 2. The summed E-state index contributed by atoms with van der Waals surface area (Å²) in [7, 11) is -3.38. The molecule has 0 aliphatic heterocycles. The molecule has 8 heteroatoms. The van der Waals surface area contributed by atoms with Crippen molar-refractivity contribution >= 4 is 16.1 Å². The molecule has 0 saturated heterocycles. The van der Waals surface area contributed by atoms with Gasteiger partial charge in [0.1, 0.15) is 5.82 Å². The van der Waals surface area contributed by atoms with Gasteiger partial charge in [0.05, 0.1) is 6.26 Å². The Labute approximate surface area is 155 Å². The molecule has 1 aliphatic rings. The van der Waals surface area contributed by atoms with Crippen molar-refractivity contribution in [1.29, 1.82) is 0 Å². The molecule has 1 fully saturated rings. The van der Waals surface area contributed by atoms with Gasteiger partial charge in [0.25, 0.3) is 0 Å². The smallest absolute Gasteiger partial charge is 0.315 e. The highest BCUT2D eigenvalue weighted by molar-refractivity contribution is 7.88. The summed E-state index contributed by atoms with van der Waals surface area (Å²) in [4.78, 5) is 11.9. The minimum atomic E-state index is -3.38. The molecule has 1 aliphatic carbocycles. The molecule has 2 N–H and O–H groups in total. The number of benzene rings is 1. The summed E-state index contributed by atoms with van der Waals surface area (Å²) in [6, 6.07) is 5.98. The molecule has 2 rings (SSSR count). The lowest BCUT2D eigenvalue weighted by Gasteiger charge is -2.24. The van der Waals surface area contributed by atoms with E-state index in [4.69, 9.17) is 0 Å². The molecule has 26 heavy (non-hydrogen) atoms. The standard InChI is InChI=1S/C18H28FN3O3S/c1-26(24,25)22(13-11-15-7-9-16(19)10-8-15)14-12-20-18(23)21-17-5-3-2-4-6-17/h7-10,17H,2-6,11-14H2,1H3,(H2,20,21,23). The van der Waals surface area contributed by atoms with E-state index < -0.39 is 10.0 Å². The molecule has 2 amide bonds. The molecule has 0 aromatic heterocycles. The maximum atomic E-state index is 12.9. The van der Waals surface area contributed by atoms with Crippen molar-refractivity contribution in [2.45, 2.75) is 44.6 Å². The van der Waals surface area contributed by atoms with Gasteiger partial charge in [0.2, 0.25) is 10.0 Å². The molecular weight excluding hydrogens is 357 g/mol. The van der Waals surface area contributed by atoms with E-state index in [2.05, 4.69) is 10.6 Å². The van der Waals surface area contributed by atoms with Gasteiger partial charge in [-0.25, -0.2) is 21.9 Å². The highest BCUT2D eigenvalue weighted by atomic mass is 32.2. The van der Waals surface area contributed by atoms with Gasteiger partial charge in [0.15, 0.2) is 0 Å². The highest BCUT2D eigenvalue weighted by Crippen LogP contribution is 2.17. The quantitative estimate of drug-likeness (QED) is 0.720. The van der Waals surface area contributed by atoms with Crippen LogP contribution in [0.2, 0.25) is 0 Å². The van der Waals surface area contributed by atoms with Crippen LogP contribution < -0.4 is 10.6 Å². The Kier molecular flexibility index (Phi) is 7.84. The first-order valence-corrected chi connectivity index (χ1v) is 10.9. The number of carbonyl (C=O) groups excluding carboxylic acids is 1. The molecule has 1 aromatic rings. The van der Waals surface area contributed by atoms with Gasteiger partial charge in [0, 0.05) is 25.7 Å². The molecule has 0 bridgehead atoms. The first-order chi connectivity index (χ1) is 12.3. The van der Waals surface area contributed by atoms with Crippen LogP contribution in [0.15, 0.2) is 24.3 Å². The Morgan fingerprint density at radius 1 is 1.15 bits per heavy atom. The molecule has 0 heterocycles. The van der Waals surface area contributed by atoms with Crippen molar-refractivity contribution in [2.75, 3.05) is 25.9 Å². The maximum absolute atomic E-state index is 12.9. The van der Waals surface area contributed by atoms with Crippen LogP contribution in [-0.4, -0.2) is 50.7 Å². The van der Waals surface area contributed by atoms with Gasteiger partial charge >= 0.3 is 6.03 Å². The minimum absolute atomic E-state index is 0.206. The molecule has 6 nitrogen and oxygen atoms in total. The Balaban J connectivity index is 1.76. The van der Waals surface area contributed by atoms with Gasteiger partial charge in [-0.05, 0) is 37.0 Å². The van der Waals surface area contributed by atoms with E-state index in [1.165, 1.54) is 22.9 Å². The third-order valence-electron chi connectivity index (χ3n) is 4.62. The number of hydrogen-bond acceptors (Lipinski definition) is 3. The Bertz CT molecular complexity index is 673. The Hall–Kier alpha value is -1.67. The largest absolute Gasteiger partial charge is 0.337 e. The average Bonchev–Trinajstić information content (AvgIpc) is 2.59. The number of nitrogens with one attached hydrogen (secondary N) is 2. The second-order valence-electron chi connectivity index (χ2n) is 6.77. The second kappa shape index (κ2) is 9.87. The molecule has 0 radical (unpaired) electrons. The summed E-state index contributed by atoms with van der Waals surface area (Å²) in [6.45, 7) is 0.740. The molecule has 1 saturated carbocycles. The fourth-order valence-corrected chi connectivity index (χ4v) is 3.97. The number of carbonyl (C=O) groups is 1. The number of urea groups is 1. The molecule has 1 aromatic carbocycles. The predicted octanol–water partition coefficient (Wildman–Crippen LogP) is 2.26. The molecule has 146 valence electrons. The van der Waals surface area contributed by atoms with E-state index in [9.17, 15) is 17.6 Å².